The lowest BCUT2D eigenvalue weighted by molar-refractivity contribution is -0.119. The Morgan fingerprint density at radius 3 is 2.52 bits per heavy atom. The van der Waals surface area contributed by atoms with Crippen molar-refractivity contribution in [3.63, 3.8) is 0 Å². The van der Waals surface area contributed by atoms with Gasteiger partial charge in [-0.2, -0.15) is 0 Å². The number of hydrogen-bond donors (Lipinski definition) is 2. The van der Waals surface area contributed by atoms with Crippen molar-refractivity contribution in [2.24, 2.45) is 0 Å². The van der Waals surface area contributed by atoms with Crippen molar-refractivity contribution in [2.75, 3.05) is 45.5 Å². The summed E-state index contributed by atoms with van der Waals surface area (Å²) < 4.78 is 33.8. The van der Waals surface area contributed by atoms with E-state index in [-0.39, 0.29) is 23.1 Å². The van der Waals surface area contributed by atoms with Crippen LogP contribution >= 0.6 is 0 Å². The predicted octanol–water partition coefficient (Wildman–Crippen LogP) is 0.972. The van der Waals surface area contributed by atoms with E-state index in [9.17, 15) is 13.2 Å². The van der Waals surface area contributed by atoms with E-state index in [2.05, 4.69) is 10.6 Å². The molecule has 0 spiro atoms. The summed E-state index contributed by atoms with van der Waals surface area (Å²) >= 11 is 0. The van der Waals surface area contributed by atoms with Crippen molar-refractivity contribution in [2.45, 2.75) is 18.2 Å². The summed E-state index contributed by atoms with van der Waals surface area (Å²) in [5, 5.41) is 5.67. The molecule has 0 aliphatic heterocycles. The molecule has 130 valence electrons. The van der Waals surface area contributed by atoms with Gasteiger partial charge in [-0.25, -0.2) is 8.42 Å². The van der Waals surface area contributed by atoms with Crippen LogP contribution in [-0.2, 0) is 19.4 Å². The Morgan fingerprint density at radius 2 is 1.96 bits per heavy atom. The first kappa shape index (κ1) is 19.2. The van der Waals surface area contributed by atoms with Crippen LogP contribution < -0.4 is 15.4 Å². The van der Waals surface area contributed by atoms with Gasteiger partial charge in [0.1, 0.15) is 4.90 Å². The van der Waals surface area contributed by atoms with Gasteiger partial charge in [0.2, 0.25) is 5.91 Å². The maximum absolute atomic E-state index is 11.9. The molecule has 1 amide bonds. The van der Waals surface area contributed by atoms with Crippen LogP contribution in [-0.4, -0.2) is 54.5 Å². The molecule has 0 fully saturated rings. The molecule has 1 aromatic rings. The summed E-state index contributed by atoms with van der Waals surface area (Å²) in [6.45, 7) is 2.91. The van der Waals surface area contributed by atoms with Gasteiger partial charge >= 0.3 is 0 Å². The third kappa shape index (κ3) is 6.07. The molecule has 0 atom stereocenters. The lowest BCUT2D eigenvalue weighted by Crippen LogP contribution is -2.31. The van der Waals surface area contributed by atoms with E-state index >= 15 is 0 Å². The van der Waals surface area contributed by atoms with E-state index in [4.69, 9.17) is 9.47 Å². The minimum Gasteiger partial charge on any atom is -0.493 e. The number of anilines is 1. The standard InChI is InChI=1S/C15H24N2O5S/c1-11-8-12(15(22-3)13(9-11)23(4,19)20)17-10-14(18)16-6-5-7-21-2/h8-9,17H,5-7,10H2,1-4H3,(H,16,18). The molecule has 0 aliphatic carbocycles. The summed E-state index contributed by atoms with van der Waals surface area (Å²) in [7, 11) is -0.427. The summed E-state index contributed by atoms with van der Waals surface area (Å²) in [5.74, 6) is 0.0239. The second-order valence-corrected chi connectivity index (χ2v) is 7.15. The average Bonchev–Trinajstić information content (AvgIpc) is 2.48. The number of methoxy groups -OCH3 is 2. The third-order valence-electron chi connectivity index (χ3n) is 3.09. The quantitative estimate of drug-likeness (QED) is 0.649. The lowest BCUT2D eigenvalue weighted by atomic mass is 10.2. The number of amides is 1. The molecule has 0 bridgehead atoms. The van der Waals surface area contributed by atoms with Gasteiger partial charge < -0.3 is 20.1 Å². The van der Waals surface area contributed by atoms with E-state index in [0.717, 1.165) is 18.2 Å². The zero-order chi connectivity index (χ0) is 17.5. The number of hydrogen-bond acceptors (Lipinski definition) is 6. The zero-order valence-corrected chi connectivity index (χ0v) is 14.7. The summed E-state index contributed by atoms with van der Waals surface area (Å²) in [5.41, 5.74) is 1.23. The molecule has 0 unspecified atom stereocenters. The number of rotatable bonds is 9. The Hall–Kier alpha value is -1.80. The second-order valence-electron chi connectivity index (χ2n) is 5.17. The van der Waals surface area contributed by atoms with Crippen molar-refractivity contribution in [1.82, 2.24) is 5.32 Å². The van der Waals surface area contributed by atoms with E-state index in [1.165, 1.54) is 7.11 Å². The fraction of sp³-hybridized carbons (Fsp3) is 0.533. The summed E-state index contributed by atoms with van der Waals surface area (Å²) in [6, 6.07) is 3.29. The smallest absolute Gasteiger partial charge is 0.239 e. The van der Waals surface area contributed by atoms with Gasteiger partial charge in [0.05, 0.1) is 19.3 Å². The van der Waals surface area contributed by atoms with Crippen LogP contribution in [0.3, 0.4) is 0 Å². The van der Waals surface area contributed by atoms with Crippen LogP contribution in [0.25, 0.3) is 0 Å². The Bertz CT molecular complexity index is 644. The number of carbonyl (C=O) groups excluding carboxylic acids is 1. The molecule has 1 rings (SSSR count). The number of nitrogens with one attached hydrogen (secondary N) is 2. The molecule has 23 heavy (non-hydrogen) atoms. The zero-order valence-electron chi connectivity index (χ0n) is 13.9. The van der Waals surface area contributed by atoms with Gasteiger partial charge in [-0.3, -0.25) is 4.79 Å². The molecular formula is C15H24N2O5S. The number of aryl methyl sites for hydroxylation is 1. The minimum atomic E-state index is -3.43. The van der Waals surface area contributed by atoms with Gasteiger partial charge in [-0.15, -0.1) is 0 Å². The third-order valence-corrected chi connectivity index (χ3v) is 4.19. The van der Waals surface area contributed by atoms with Crippen molar-refractivity contribution in [3.05, 3.63) is 17.7 Å². The highest BCUT2D eigenvalue weighted by Crippen LogP contribution is 2.33. The summed E-state index contributed by atoms with van der Waals surface area (Å²) in [4.78, 5) is 11.9. The highest BCUT2D eigenvalue weighted by molar-refractivity contribution is 7.90. The monoisotopic (exact) mass is 344 g/mol. The SMILES string of the molecule is COCCCNC(=O)CNc1cc(C)cc(S(C)(=O)=O)c1OC. The highest BCUT2D eigenvalue weighted by atomic mass is 32.2. The first-order valence-corrected chi connectivity index (χ1v) is 9.07. The molecule has 0 heterocycles. The predicted molar refractivity (Wildman–Crippen MR) is 88.8 cm³/mol. The lowest BCUT2D eigenvalue weighted by Gasteiger charge is -2.15. The van der Waals surface area contributed by atoms with Crippen molar-refractivity contribution in [3.8, 4) is 5.75 Å². The topological polar surface area (TPSA) is 93.7 Å². The van der Waals surface area contributed by atoms with E-state index in [1.807, 2.05) is 0 Å². The first-order chi connectivity index (χ1) is 10.8. The van der Waals surface area contributed by atoms with Gasteiger partial charge in [0, 0.05) is 26.5 Å². The van der Waals surface area contributed by atoms with Crippen LogP contribution in [0.5, 0.6) is 5.75 Å². The normalized spacial score (nSPS) is 11.1. The molecule has 0 saturated heterocycles. The van der Waals surface area contributed by atoms with Crippen LogP contribution in [0, 0.1) is 6.92 Å². The molecule has 1 aromatic carbocycles. The molecule has 8 heteroatoms. The van der Waals surface area contributed by atoms with Gasteiger partial charge in [0.15, 0.2) is 15.6 Å². The minimum absolute atomic E-state index is 0.0238. The number of sulfone groups is 1. The Morgan fingerprint density at radius 1 is 1.26 bits per heavy atom. The van der Waals surface area contributed by atoms with Crippen LogP contribution in [0.4, 0.5) is 5.69 Å². The van der Waals surface area contributed by atoms with Crippen molar-refractivity contribution < 1.29 is 22.7 Å². The van der Waals surface area contributed by atoms with Gasteiger partial charge in [-0.1, -0.05) is 0 Å². The molecular weight excluding hydrogens is 320 g/mol. The summed E-state index contributed by atoms with van der Waals surface area (Å²) in [6.07, 6.45) is 1.85. The second kappa shape index (κ2) is 8.73. The molecule has 0 radical (unpaired) electrons. The number of benzene rings is 1. The van der Waals surface area contributed by atoms with Crippen LogP contribution in [0.2, 0.25) is 0 Å². The maximum atomic E-state index is 11.9. The van der Waals surface area contributed by atoms with Gasteiger partial charge in [0.25, 0.3) is 0 Å². The number of carbonyl (C=O) groups is 1. The van der Waals surface area contributed by atoms with Gasteiger partial charge in [-0.05, 0) is 31.0 Å². The van der Waals surface area contributed by atoms with Crippen molar-refractivity contribution in [1.29, 1.82) is 0 Å². The fourth-order valence-electron chi connectivity index (χ4n) is 2.04. The Balaban J connectivity index is 2.81. The maximum Gasteiger partial charge on any atom is 0.239 e. The van der Waals surface area contributed by atoms with E-state index in [1.54, 1.807) is 26.2 Å². The van der Waals surface area contributed by atoms with Crippen LogP contribution in [0.15, 0.2) is 17.0 Å². The average molecular weight is 344 g/mol. The molecule has 0 aromatic heterocycles. The highest BCUT2D eigenvalue weighted by Gasteiger charge is 2.19. The Labute approximate surface area is 137 Å². The molecule has 0 aliphatic rings. The Kier molecular flexibility index (Phi) is 7.31. The van der Waals surface area contributed by atoms with Crippen LogP contribution in [0.1, 0.15) is 12.0 Å². The molecule has 2 N–H and O–H groups in total. The molecule has 7 nitrogen and oxygen atoms in total. The molecule has 0 saturated carbocycles. The largest absolute Gasteiger partial charge is 0.493 e. The fourth-order valence-corrected chi connectivity index (χ4v) is 2.97. The van der Waals surface area contributed by atoms with Crippen molar-refractivity contribution >= 4 is 21.4 Å². The van der Waals surface area contributed by atoms with E-state index in [0.29, 0.717) is 18.8 Å². The number of ether oxygens (including phenoxy) is 2. The van der Waals surface area contributed by atoms with E-state index < -0.39 is 9.84 Å². The first-order valence-electron chi connectivity index (χ1n) is 7.17.